The third-order valence-electron chi connectivity index (χ3n) is 3.00. The molecule has 1 fully saturated rings. The molecule has 0 aliphatic carbocycles. The van der Waals surface area contributed by atoms with Crippen LogP contribution in [0.25, 0.3) is 0 Å². The van der Waals surface area contributed by atoms with Gasteiger partial charge in [-0.25, -0.2) is 4.79 Å². The van der Waals surface area contributed by atoms with Crippen LogP contribution in [-0.4, -0.2) is 34.7 Å². The SMILES string of the molecule is CCN1CCCC(Cc2nc(=O)[nH]o2)C1. The van der Waals surface area contributed by atoms with E-state index in [2.05, 4.69) is 22.0 Å². The van der Waals surface area contributed by atoms with Crippen LogP contribution in [0.1, 0.15) is 25.7 Å². The van der Waals surface area contributed by atoms with E-state index in [-0.39, 0.29) is 5.69 Å². The second-order valence-corrected chi connectivity index (χ2v) is 4.12. The maximum Gasteiger partial charge on any atom is 0.377 e. The van der Waals surface area contributed by atoms with Crippen LogP contribution in [0.4, 0.5) is 0 Å². The van der Waals surface area contributed by atoms with Crippen LogP contribution in [-0.2, 0) is 6.42 Å². The van der Waals surface area contributed by atoms with Gasteiger partial charge in [0.15, 0.2) is 0 Å². The minimum Gasteiger partial charge on any atom is -0.362 e. The first-order valence-corrected chi connectivity index (χ1v) is 5.54. The third-order valence-corrected chi connectivity index (χ3v) is 3.00. The van der Waals surface area contributed by atoms with Gasteiger partial charge in [0.2, 0.25) is 5.89 Å². The summed E-state index contributed by atoms with van der Waals surface area (Å²) in [6.45, 7) is 5.56. The van der Waals surface area contributed by atoms with Crippen molar-refractivity contribution in [1.82, 2.24) is 15.0 Å². The summed E-state index contributed by atoms with van der Waals surface area (Å²) in [5.74, 6) is 1.12. The molecule has 0 saturated carbocycles. The average Bonchev–Trinajstić information content (AvgIpc) is 2.64. The molecule has 1 aliphatic rings. The first kappa shape index (κ1) is 10.4. The Kier molecular flexibility index (Phi) is 3.20. The average molecular weight is 211 g/mol. The lowest BCUT2D eigenvalue weighted by molar-refractivity contribution is 0.174. The highest BCUT2D eigenvalue weighted by atomic mass is 16.5. The number of piperidine rings is 1. The second-order valence-electron chi connectivity index (χ2n) is 4.12. The highest BCUT2D eigenvalue weighted by Gasteiger charge is 2.20. The van der Waals surface area contributed by atoms with E-state index in [0.717, 1.165) is 19.5 Å². The molecule has 1 aliphatic heterocycles. The number of nitrogens with zero attached hydrogens (tertiary/aromatic N) is 2. The van der Waals surface area contributed by atoms with Crippen molar-refractivity contribution < 1.29 is 4.52 Å². The number of hydrogen-bond acceptors (Lipinski definition) is 4. The van der Waals surface area contributed by atoms with E-state index < -0.39 is 0 Å². The largest absolute Gasteiger partial charge is 0.377 e. The summed E-state index contributed by atoms with van der Waals surface area (Å²) < 4.78 is 4.97. The highest BCUT2D eigenvalue weighted by Crippen LogP contribution is 2.19. The van der Waals surface area contributed by atoms with E-state index in [0.29, 0.717) is 11.8 Å². The van der Waals surface area contributed by atoms with Gasteiger partial charge in [-0.1, -0.05) is 6.92 Å². The van der Waals surface area contributed by atoms with Crippen molar-refractivity contribution in [1.29, 1.82) is 0 Å². The molecule has 0 bridgehead atoms. The van der Waals surface area contributed by atoms with E-state index in [9.17, 15) is 4.79 Å². The maximum atomic E-state index is 10.8. The summed E-state index contributed by atoms with van der Waals surface area (Å²) in [5.41, 5.74) is -0.381. The Morgan fingerprint density at radius 2 is 2.53 bits per heavy atom. The van der Waals surface area contributed by atoms with Crippen molar-refractivity contribution >= 4 is 0 Å². The van der Waals surface area contributed by atoms with Crippen molar-refractivity contribution in [2.24, 2.45) is 5.92 Å². The van der Waals surface area contributed by atoms with Gasteiger partial charge in [0.1, 0.15) is 0 Å². The molecule has 1 atom stereocenters. The Bertz CT molecular complexity index is 358. The maximum absolute atomic E-state index is 10.8. The van der Waals surface area contributed by atoms with Gasteiger partial charge in [-0.15, -0.1) is 0 Å². The molecule has 15 heavy (non-hydrogen) atoms. The number of rotatable bonds is 3. The predicted octanol–water partition coefficient (Wildman–Crippen LogP) is 0.637. The minimum atomic E-state index is -0.381. The quantitative estimate of drug-likeness (QED) is 0.797. The number of hydrogen-bond donors (Lipinski definition) is 1. The monoisotopic (exact) mass is 211 g/mol. The molecule has 2 heterocycles. The van der Waals surface area contributed by atoms with Crippen LogP contribution in [0.2, 0.25) is 0 Å². The molecule has 1 unspecified atom stereocenters. The van der Waals surface area contributed by atoms with Gasteiger partial charge in [-0.05, 0) is 31.8 Å². The minimum absolute atomic E-state index is 0.381. The van der Waals surface area contributed by atoms with Crippen LogP contribution in [0.3, 0.4) is 0 Å². The molecular formula is C10H17N3O2. The van der Waals surface area contributed by atoms with Crippen molar-refractivity contribution in [2.45, 2.75) is 26.2 Å². The zero-order valence-electron chi connectivity index (χ0n) is 9.03. The molecule has 5 nitrogen and oxygen atoms in total. The number of nitrogens with one attached hydrogen (secondary N) is 1. The molecule has 1 aromatic heterocycles. The second kappa shape index (κ2) is 4.61. The zero-order valence-corrected chi connectivity index (χ0v) is 9.03. The standard InChI is InChI=1S/C10H17N3O2/c1-2-13-5-3-4-8(7-13)6-9-11-10(14)12-15-9/h8H,2-7H2,1H3,(H,12,14). The van der Waals surface area contributed by atoms with Crippen LogP contribution in [0.5, 0.6) is 0 Å². The van der Waals surface area contributed by atoms with Crippen molar-refractivity contribution in [2.75, 3.05) is 19.6 Å². The van der Waals surface area contributed by atoms with Crippen molar-refractivity contribution in [3.63, 3.8) is 0 Å². The summed E-state index contributed by atoms with van der Waals surface area (Å²) in [4.78, 5) is 17.0. The van der Waals surface area contributed by atoms with Crippen LogP contribution in [0.15, 0.2) is 9.32 Å². The summed E-state index contributed by atoms with van der Waals surface area (Å²) in [5, 5.41) is 2.23. The fourth-order valence-electron chi connectivity index (χ4n) is 2.20. The molecule has 0 spiro atoms. The number of H-pyrrole nitrogens is 1. The Labute approximate surface area is 88.5 Å². The zero-order chi connectivity index (χ0) is 10.7. The summed E-state index contributed by atoms with van der Waals surface area (Å²) >= 11 is 0. The van der Waals surface area contributed by atoms with Crippen LogP contribution in [0, 0.1) is 5.92 Å². The van der Waals surface area contributed by atoms with E-state index >= 15 is 0 Å². The summed E-state index contributed by atoms with van der Waals surface area (Å²) in [6, 6.07) is 0. The molecule has 1 aromatic rings. The lowest BCUT2D eigenvalue weighted by atomic mass is 9.95. The fraction of sp³-hybridized carbons (Fsp3) is 0.800. The summed E-state index contributed by atoms with van der Waals surface area (Å²) in [7, 11) is 0. The fourth-order valence-corrected chi connectivity index (χ4v) is 2.20. The Hall–Kier alpha value is -1.10. The van der Waals surface area contributed by atoms with Crippen molar-refractivity contribution in [3.05, 3.63) is 16.4 Å². The predicted molar refractivity (Wildman–Crippen MR) is 55.7 cm³/mol. The molecule has 1 saturated heterocycles. The molecule has 2 rings (SSSR count). The van der Waals surface area contributed by atoms with E-state index in [4.69, 9.17) is 4.52 Å². The molecular weight excluding hydrogens is 194 g/mol. The Morgan fingerprint density at radius 3 is 3.20 bits per heavy atom. The topological polar surface area (TPSA) is 62.1 Å². The molecule has 0 amide bonds. The lowest BCUT2D eigenvalue weighted by Gasteiger charge is -2.30. The van der Waals surface area contributed by atoms with Gasteiger partial charge >= 0.3 is 5.69 Å². The Balaban J connectivity index is 1.91. The van der Waals surface area contributed by atoms with Gasteiger partial charge in [-0.2, -0.15) is 10.1 Å². The Morgan fingerprint density at radius 1 is 1.67 bits per heavy atom. The smallest absolute Gasteiger partial charge is 0.362 e. The number of likely N-dealkylation sites (tertiary alicyclic amines) is 1. The van der Waals surface area contributed by atoms with E-state index in [1.165, 1.54) is 19.4 Å². The van der Waals surface area contributed by atoms with Crippen LogP contribution >= 0.6 is 0 Å². The summed E-state index contributed by atoms with van der Waals surface area (Å²) in [6.07, 6.45) is 3.20. The highest BCUT2D eigenvalue weighted by molar-refractivity contribution is 4.83. The third kappa shape index (κ3) is 2.68. The lowest BCUT2D eigenvalue weighted by Crippen LogP contribution is -2.36. The molecule has 1 N–H and O–H groups in total. The van der Waals surface area contributed by atoms with Crippen molar-refractivity contribution in [3.8, 4) is 0 Å². The van der Waals surface area contributed by atoms with Gasteiger partial charge in [-0.3, -0.25) is 0 Å². The van der Waals surface area contributed by atoms with E-state index in [1.807, 2.05) is 0 Å². The van der Waals surface area contributed by atoms with E-state index in [1.54, 1.807) is 0 Å². The van der Waals surface area contributed by atoms with Crippen LogP contribution < -0.4 is 5.69 Å². The first-order valence-electron chi connectivity index (χ1n) is 5.54. The number of aromatic nitrogens is 2. The van der Waals surface area contributed by atoms with Gasteiger partial charge in [0, 0.05) is 13.0 Å². The molecule has 5 heteroatoms. The molecule has 0 aromatic carbocycles. The number of aromatic amines is 1. The normalized spacial score (nSPS) is 23.1. The van der Waals surface area contributed by atoms with Gasteiger partial charge < -0.3 is 9.42 Å². The van der Waals surface area contributed by atoms with Gasteiger partial charge in [0.05, 0.1) is 0 Å². The molecule has 84 valence electrons. The molecule has 0 radical (unpaired) electrons. The van der Waals surface area contributed by atoms with Gasteiger partial charge in [0.25, 0.3) is 0 Å². The first-order chi connectivity index (χ1) is 7.28.